The third-order valence-corrected chi connectivity index (χ3v) is 5.91. The summed E-state index contributed by atoms with van der Waals surface area (Å²) >= 11 is 1.69. The number of aliphatic hydroxyl groups is 1. The topological polar surface area (TPSA) is 71.5 Å². The van der Waals surface area contributed by atoms with Crippen LogP contribution in [0.4, 0.5) is 14.6 Å². The van der Waals surface area contributed by atoms with E-state index in [2.05, 4.69) is 34.2 Å². The van der Waals surface area contributed by atoms with Crippen molar-refractivity contribution < 1.29 is 13.9 Å². The van der Waals surface area contributed by atoms with Crippen LogP contribution in [0.3, 0.4) is 0 Å². The second kappa shape index (κ2) is 8.32. The van der Waals surface area contributed by atoms with Gasteiger partial charge in [-0.2, -0.15) is 0 Å². The molecule has 3 aromatic rings. The van der Waals surface area contributed by atoms with Crippen LogP contribution < -0.4 is 5.73 Å². The van der Waals surface area contributed by atoms with Crippen molar-refractivity contribution >= 4 is 33.5 Å². The van der Waals surface area contributed by atoms with Gasteiger partial charge in [-0.15, -0.1) is 11.3 Å². The number of aliphatic imine (C=N–C) groups is 1. The summed E-state index contributed by atoms with van der Waals surface area (Å²) in [5.41, 5.74) is 8.70. The van der Waals surface area contributed by atoms with Gasteiger partial charge in [-0.25, -0.2) is 13.8 Å². The minimum Gasteiger partial charge on any atom is -0.400 e. The number of nitrogens with two attached hydrogens (primary N) is 1. The van der Waals surface area contributed by atoms with Gasteiger partial charge in [0.1, 0.15) is 5.82 Å². The van der Waals surface area contributed by atoms with Crippen LogP contribution in [-0.4, -0.2) is 36.4 Å². The van der Waals surface area contributed by atoms with Crippen LogP contribution in [0.5, 0.6) is 0 Å². The van der Waals surface area contributed by atoms with Crippen LogP contribution in [0, 0.1) is 5.92 Å². The highest BCUT2D eigenvalue weighted by Crippen LogP contribution is 2.45. The molecule has 7 heteroatoms. The van der Waals surface area contributed by atoms with Gasteiger partial charge in [0.25, 0.3) is 0 Å². The lowest BCUT2D eigenvalue weighted by Gasteiger charge is -2.34. The Bertz CT molecular complexity index is 992. The first-order valence-corrected chi connectivity index (χ1v) is 9.78. The number of anilines is 1. The van der Waals surface area contributed by atoms with Gasteiger partial charge in [-0.3, -0.25) is 4.99 Å². The molecule has 2 aromatic heterocycles. The maximum Gasteiger partial charge on any atom is 0.248 e. The Morgan fingerprint density at radius 2 is 2.00 bits per heavy atom. The summed E-state index contributed by atoms with van der Waals surface area (Å²) in [6.45, 7) is 0. The first-order valence-electron chi connectivity index (χ1n) is 8.96. The molecule has 2 heterocycles. The van der Waals surface area contributed by atoms with Crippen LogP contribution >= 0.6 is 11.3 Å². The number of fused-ring (bicyclic) bond motifs is 1. The number of aromatic nitrogens is 1. The van der Waals surface area contributed by atoms with Crippen molar-refractivity contribution in [2.75, 3.05) is 19.9 Å². The molecule has 0 bridgehead atoms. The Labute approximate surface area is 166 Å². The number of rotatable bonds is 4. The molecule has 28 heavy (non-hydrogen) atoms. The van der Waals surface area contributed by atoms with Gasteiger partial charge >= 0.3 is 0 Å². The molecule has 3 N–H and O–H groups in total. The largest absolute Gasteiger partial charge is 0.400 e. The van der Waals surface area contributed by atoms with E-state index in [0.29, 0.717) is 5.82 Å². The predicted octanol–water partition coefficient (Wildman–Crippen LogP) is 4.79. The third-order valence-electron chi connectivity index (χ3n) is 4.79. The van der Waals surface area contributed by atoms with Crippen LogP contribution in [0.2, 0.25) is 0 Å². The Morgan fingerprint density at radius 1 is 1.25 bits per heavy atom. The Balaban J connectivity index is 0.00000109. The molecule has 4 nitrogen and oxygen atoms in total. The van der Waals surface area contributed by atoms with Crippen LogP contribution in [-0.2, 0) is 6.42 Å². The number of pyridine rings is 1. The first kappa shape index (κ1) is 20.4. The second-order valence-electron chi connectivity index (χ2n) is 6.89. The summed E-state index contributed by atoms with van der Waals surface area (Å²) < 4.78 is 27.2. The molecule has 1 aliphatic rings. The number of thiophene rings is 1. The van der Waals surface area contributed by atoms with Crippen molar-refractivity contribution in [1.82, 2.24) is 4.98 Å². The number of aliphatic hydroxyl groups excluding tert-OH is 1. The van der Waals surface area contributed by atoms with Gasteiger partial charge in [0.05, 0.1) is 0 Å². The van der Waals surface area contributed by atoms with Crippen LogP contribution in [0.1, 0.15) is 23.3 Å². The predicted molar refractivity (Wildman–Crippen MR) is 113 cm³/mol. The fraction of sp³-hybridized carbons (Fsp3) is 0.333. The SMILES string of the molecule is CN=Cc1cc(-c2ccc3cc(CC4CC(F)(F)C4)sc3c2)cnc1N.CO. The number of benzene rings is 1. The summed E-state index contributed by atoms with van der Waals surface area (Å²) in [5, 5.41) is 8.15. The van der Waals surface area contributed by atoms with E-state index >= 15 is 0 Å². The molecule has 4 rings (SSSR count). The zero-order valence-corrected chi connectivity index (χ0v) is 16.6. The van der Waals surface area contributed by atoms with Crippen molar-refractivity contribution in [3.63, 3.8) is 0 Å². The molecule has 0 unspecified atom stereocenters. The zero-order valence-electron chi connectivity index (χ0n) is 15.8. The number of alkyl halides is 2. The lowest BCUT2D eigenvalue weighted by atomic mass is 9.79. The van der Waals surface area contributed by atoms with Crippen LogP contribution in [0.15, 0.2) is 41.5 Å². The van der Waals surface area contributed by atoms with Crippen LogP contribution in [0.25, 0.3) is 21.2 Å². The Morgan fingerprint density at radius 3 is 2.68 bits per heavy atom. The molecular formula is C21H23F2N3OS. The van der Waals surface area contributed by atoms with Crippen molar-refractivity contribution in [2.45, 2.75) is 25.2 Å². The maximum absolute atomic E-state index is 13.0. The highest BCUT2D eigenvalue weighted by Gasteiger charge is 2.44. The van der Waals surface area contributed by atoms with Gasteiger partial charge in [-0.1, -0.05) is 12.1 Å². The Hall–Kier alpha value is -2.38. The van der Waals surface area contributed by atoms with E-state index in [1.807, 2.05) is 6.07 Å². The molecule has 0 radical (unpaired) electrons. The van der Waals surface area contributed by atoms with E-state index in [1.165, 1.54) is 4.88 Å². The molecule has 148 valence electrons. The van der Waals surface area contributed by atoms with Crippen molar-refractivity contribution in [2.24, 2.45) is 10.9 Å². The van der Waals surface area contributed by atoms with Gasteiger partial charge < -0.3 is 10.8 Å². The molecule has 1 aliphatic carbocycles. The van der Waals surface area contributed by atoms with E-state index in [-0.39, 0.29) is 18.8 Å². The highest BCUT2D eigenvalue weighted by molar-refractivity contribution is 7.19. The lowest BCUT2D eigenvalue weighted by molar-refractivity contribution is -0.109. The average Bonchev–Trinajstić information content (AvgIpc) is 3.05. The fourth-order valence-electron chi connectivity index (χ4n) is 3.47. The molecule has 0 atom stereocenters. The maximum atomic E-state index is 13.0. The van der Waals surface area contributed by atoms with Gasteiger partial charge in [-0.05, 0) is 41.5 Å². The van der Waals surface area contributed by atoms with E-state index < -0.39 is 5.92 Å². The molecule has 1 fully saturated rings. The average molecular weight is 403 g/mol. The van der Waals surface area contributed by atoms with Gasteiger partial charge in [0.15, 0.2) is 0 Å². The molecule has 0 aliphatic heterocycles. The van der Waals surface area contributed by atoms with Crippen molar-refractivity contribution in [3.8, 4) is 11.1 Å². The Kier molecular flexibility index (Phi) is 6.05. The fourth-order valence-corrected chi connectivity index (χ4v) is 4.69. The van der Waals surface area contributed by atoms with E-state index in [4.69, 9.17) is 10.8 Å². The normalized spacial score (nSPS) is 16.0. The molecular weight excluding hydrogens is 380 g/mol. The number of halogens is 2. The number of nitrogens with zero attached hydrogens (tertiary/aromatic N) is 2. The number of hydrogen-bond donors (Lipinski definition) is 2. The lowest BCUT2D eigenvalue weighted by Crippen LogP contribution is -2.36. The van der Waals surface area contributed by atoms with E-state index in [9.17, 15) is 8.78 Å². The third kappa shape index (κ3) is 4.36. The minimum atomic E-state index is -2.45. The quantitative estimate of drug-likeness (QED) is 0.615. The standard InChI is InChI=1S/C20H19F2N3S.CH4O/c1-24-10-16-5-15(11-25-19(16)23)13-2-3-14-6-17(26-18(14)7-13)4-12-8-20(21,22)9-12;1-2/h2-3,5-7,10-12H,4,8-9H2,1H3,(H2,23,25);2H,1H3. The first-order chi connectivity index (χ1) is 13.4. The van der Waals surface area contributed by atoms with E-state index in [1.54, 1.807) is 30.8 Å². The summed E-state index contributed by atoms with van der Waals surface area (Å²) in [7, 11) is 2.70. The van der Waals surface area contributed by atoms with Crippen molar-refractivity contribution in [3.05, 3.63) is 47.0 Å². The summed E-state index contributed by atoms with van der Waals surface area (Å²) in [4.78, 5) is 9.43. The summed E-state index contributed by atoms with van der Waals surface area (Å²) in [5.74, 6) is -1.89. The van der Waals surface area contributed by atoms with E-state index in [0.717, 1.165) is 40.3 Å². The zero-order chi connectivity index (χ0) is 20.3. The summed E-state index contributed by atoms with van der Waals surface area (Å²) in [6.07, 6.45) is 4.23. The highest BCUT2D eigenvalue weighted by atomic mass is 32.1. The minimum absolute atomic E-state index is 0.0192. The number of nitrogen functional groups attached to an aromatic ring is 1. The monoisotopic (exact) mass is 403 g/mol. The molecule has 1 saturated carbocycles. The smallest absolute Gasteiger partial charge is 0.248 e. The van der Waals surface area contributed by atoms with Gasteiger partial charge in [0, 0.05) is 60.1 Å². The molecule has 1 aromatic carbocycles. The van der Waals surface area contributed by atoms with Crippen molar-refractivity contribution in [1.29, 1.82) is 0 Å². The molecule has 0 amide bonds. The number of hydrogen-bond acceptors (Lipinski definition) is 5. The van der Waals surface area contributed by atoms with Gasteiger partial charge in [0.2, 0.25) is 5.92 Å². The molecule has 0 saturated heterocycles. The summed E-state index contributed by atoms with van der Waals surface area (Å²) in [6, 6.07) is 10.3. The molecule has 0 spiro atoms. The second-order valence-corrected chi connectivity index (χ2v) is 8.05.